The van der Waals surface area contributed by atoms with E-state index in [0.717, 1.165) is 0 Å². The fourth-order valence-electron chi connectivity index (χ4n) is 3.05. The number of hydrogen-bond acceptors (Lipinski definition) is 6. The van der Waals surface area contributed by atoms with Crippen LogP contribution in [0.15, 0.2) is 47.7 Å². The Hall–Kier alpha value is -2.78. The number of rotatable bonds is 5. The van der Waals surface area contributed by atoms with E-state index in [4.69, 9.17) is 5.73 Å². The van der Waals surface area contributed by atoms with Crippen molar-refractivity contribution >= 4 is 29.5 Å². The van der Waals surface area contributed by atoms with E-state index in [9.17, 15) is 24.6 Å². The van der Waals surface area contributed by atoms with E-state index in [2.05, 4.69) is 5.32 Å². The summed E-state index contributed by atoms with van der Waals surface area (Å²) in [7, 11) is 0. The van der Waals surface area contributed by atoms with Crippen molar-refractivity contribution in [1.29, 1.82) is 0 Å². The van der Waals surface area contributed by atoms with Gasteiger partial charge in [0.1, 0.15) is 28.9 Å². The molecule has 0 saturated carbocycles. The molecule has 2 aliphatic rings. The maximum absolute atomic E-state index is 12.5. The first-order chi connectivity index (χ1) is 12.8. The summed E-state index contributed by atoms with van der Waals surface area (Å²) in [6, 6.07) is 4.06. The molecule has 1 aromatic rings. The fraction of sp³-hybridized carbons (Fsp3) is 0.278. The second-order valence-electron chi connectivity index (χ2n) is 6.14. The van der Waals surface area contributed by atoms with E-state index in [1.54, 1.807) is 19.1 Å². The van der Waals surface area contributed by atoms with E-state index in [-0.39, 0.29) is 11.4 Å². The second-order valence-corrected chi connectivity index (χ2v) is 7.25. The number of carboxylic acid groups (broad SMARTS) is 1. The normalized spacial score (nSPS) is 23.0. The Balaban J connectivity index is 1.74. The van der Waals surface area contributed by atoms with Gasteiger partial charge in [-0.05, 0) is 30.2 Å². The summed E-state index contributed by atoms with van der Waals surface area (Å²) in [5.41, 5.74) is 6.93. The third-order valence-corrected chi connectivity index (χ3v) is 5.70. The predicted molar refractivity (Wildman–Crippen MR) is 99.5 cm³/mol. The SMILES string of the molecule is C/C=C\C1=C(C(=O)O)N2C(=O)[C@H](NC(=O)[C@H](N)c3ccc(O)cc3)[C@H]2SC1. The molecule has 3 rings (SSSR count). The number of carboxylic acids is 1. The average Bonchev–Trinajstić information content (AvgIpc) is 2.65. The van der Waals surface area contributed by atoms with Gasteiger partial charge in [0.15, 0.2) is 0 Å². The molecule has 0 unspecified atom stereocenters. The van der Waals surface area contributed by atoms with Crippen LogP contribution in [-0.2, 0) is 14.4 Å². The summed E-state index contributed by atoms with van der Waals surface area (Å²) >= 11 is 1.39. The second kappa shape index (κ2) is 7.45. The summed E-state index contributed by atoms with van der Waals surface area (Å²) in [5.74, 6) is -1.71. The van der Waals surface area contributed by atoms with E-state index in [1.807, 2.05) is 0 Å². The minimum absolute atomic E-state index is 0.0461. The van der Waals surface area contributed by atoms with Gasteiger partial charge in [-0.3, -0.25) is 14.5 Å². The molecule has 9 heteroatoms. The number of amides is 2. The molecule has 0 aliphatic carbocycles. The topological polar surface area (TPSA) is 133 Å². The number of thioether (sulfide) groups is 1. The van der Waals surface area contributed by atoms with Crippen molar-refractivity contribution in [2.75, 3.05) is 5.75 Å². The van der Waals surface area contributed by atoms with Gasteiger partial charge >= 0.3 is 5.97 Å². The molecule has 8 nitrogen and oxygen atoms in total. The first kappa shape index (κ1) is 19.0. The molecule has 0 radical (unpaired) electrons. The number of carbonyl (C=O) groups is 3. The number of hydrogen-bond donors (Lipinski definition) is 4. The molecule has 5 N–H and O–H groups in total. The number of nitrogens with two attached hydrogens (primary N) is 1. The highest BCUT2D eigenvalue weighted by Crippen LogP contribution is 2.40. The van der Waals surface area contributed by atoms with Gasteiger partial charge in [0, 0.05) is 5.75 Å². The molecule has 2 heterocycles. The van der Waals surface area contributed by atoms with Crippen LogP contribution in [0.5, 0.6) is 5.75 Å². The first-order valence-corrected chi connectivity index (χ1v) is 9.28. The van der Waals surface area contributed by atoms with E-state index < -0.39 is 35.2 Å². The van der Waals surface area contributed by atoms with Gasteiger partial charge in [-0.25, -0.2) is 4.79 Å². The fourth-order valence-corrected chi connectivity index (χ4v) is 4.37. The van der Waals surface area contributed by atoms with Crippen molar-refractivity contribution in [1.82, 2.24) is 10.2 Å². The maximum atomic E-state index is 12.5. The zero-order valence-electron chi connectivity index (χ0n) is 14.5. The third kappa shape index (κ3) is 3.43. The number of nitrogens with one attached hydrogen (secondary N) is 1. The molecule has 3 atom stereocenters. The number of nitrogens with zero attached hydrogens (tertiary/aromatic N) is 1. The molecular weight excluding hydrogens is 370 g/mol. The highest BCUT2D eigenvalue weighted by atomic mass is 32.2. The Morgan fingerprint density at radius 2 is 2.04 bits per heavy atom. The van der Waals surface area contributed by atoms with E-state index in [0.29, 0.717) is 16.9 Å². The van der Waals surface area contributed by atoms with Crippen LogP contribution in [0.25, 0.3) is 0 Å². The smallest absolute Gasteiger partial charge is 0.352 e. The van der Waals surface area contributed by atoms with Crippen LogP contribution in [0.2, 0.25) is 0 Å². The van der Waals surface area contributed by atoms with Gasteiger partial charge in [0.25, 0.3) is 5.91 Å². The lowest BCUT2D eigenvalue weighted by molar-refractivity contribution is -0.150. The zero-order valence-corrected chi connectivity index (χ0v) is 15.3. The molecule has 1 aromatic carbocycles. The first-order valence-electron chi connectivity index (χ1n) is 8.24. The Labute approximate surface area is 159 Å². The predicted octanol–water partition coefficient (Wildman–Crippen LogP) is 0.707. The average molecular weight is 389 g/mol. The number of carbonyl (C=O) groups excluding carboxylic acids is 2. The summed E-state index contributed by atoms with van der Waals surface area (Å²) in [6.07, 6.45) is 3.39. The highest BCUT2D eigenvalue weighted by Gasteiger charge is 2.54. The summed E-state index contributed by atoms with van der Waals surface area (Å²) in [5, 5.41) is 20.9. The van der Waals surface area contributed by atoms with E-state index >= 15 is 0 Å². The third-order valence-electron chi connectivity index (χ3n) is 4.40. The van der Waals surface area contributed by atoms with Gasteiger partial charge in [-0.1, -0.05) is 24.3 Å². The molecule has 1 saturated heterocycles. The standard InChI is InChI=1S/C18H19N3O5S/c1-2-3-10-8-27-17-13(16(24)21(17)14(10)18(25)26)20-15(23)12(19)9-4-6-11(22)7-5-9/h2-7,12-13,17,22H,8,19H2,1H3,(H,20,23)(H,25,26)/b3-2-/t12-,13+,17-/m1/s1. The summed E-state index contributed by atoms with van der Waals surface area (Å²) in [6.45, 7) is 1.77. The lowest BCUT2D eigenvalue weighted by Gasteiger charge is -2.49. The van der Waals surface area contributed by atoms with Crippen molar-refractivity contribution in [3.8, 4) is 5.75 Å². The maximum Gasteiger partial charge on any atom is 0.352 e. The largest absolute Gasteiger partial charge is 0.508 e. The quantitative estimate of drug-likeness (QED) is 0.545. The summed E-state index contributed by atoms with van der Waals surface area (Å²) in [4.78, 5) is 37.7. The van der Waals surface area contributed by atoms with Gasteiger partial charge in [-0.2, -0.15) is 0 Å². The minimum atomic E-state index is -1.17. The van der Waals surface area contributed by atoms with Gasteiger partial charge in [0.05, 0.1) is 0 Å². The molecule has 1 fully saturated rings. The molecule has 0 aromatic heterocycles. The number of allylic oxidation sites excluding steroid dienone is 2. The van der Waals surface area contributed by atoms with Crippen molar-refractivity contribution in [3.63, 3.8) is 0 Å². The number of benzene rings is 1. The van der Waals surface area contributed by atoms with Crippen LogP contribution in [0.3, 0.4) is 0 Å². The van der Waals surface area contributed by atoms with Gasteiger partial charge in [0.2, 0.25) is 5.91 Å². The minimum Gasteiger partial charge on any atom is -0.508 e. The van der Waals surface area contributed by atoms with Crippen LogP contribution in [0.1, 0.15) is 18.5 Å². The van der Waals surface area contributed by atoms with Crippen LogP contribution in [0.4, 0.5) is 0 Å². The number of phenols is 1. The molecular formula is C18H19N3O5S. The van der Waals surface area contributed by atoms with Gasteiger partial charge in [-0.15, -0.1) is 11.8 Å². The van der Waals surface area contributed by atoms with Gasteiger partial charge < -0.3 is 21.3 Å². The van der Waals surface area contributed by atoms with Crippen molar-refractivity contribution in [2.24, 2.45) is 5.73 Å². The highest BCUT2D eigenvalue weighted by molar-refractivity contribution is 8.00. The van der Waals surface area contributed by atoms with Crippen LogP contribution >= 0.6 is 11.8 Å². The molecule has 0 bridgehead atoms. The number of fused-ring (bicyclic) bond motifs is 1. The monoisotopic (exact) mass is 389 g/mol. The summed E-state index contributed by atoms with van der Waals surface area (Å²) < 4.78 is 0. The number of aromatic hydroxyl groups is 1. The van der Waals surface area contributed by atoms with Crippen LogP contribution < -0.4 is 11.1 Å². The molecule has 0 spiro atoms. The molecule has 2 aliphatic heterocycles. The molecule has 142 valence electrons. The molecule has 2 amide bonds. The van der Waals surface area contributed by atoms with Crippen LogP contribution in [0, 0.1) is 0 Å². The van der Waals surface area contributed by atoms with Crippen LogP contribution in [-0.4, -0.2) is 50.1 Å². The number of phenolic OH excluding ortho intramolecular Hbond substituents is 1. The van der Waals surface area contributed by atoms with Crippen molar-refractivity contribution in [2.45, 2.75) is 24.4 Å². The lowest BCUT2D eigenvalue weighted by Crippen LogP contribution is -2.71. The molecule has 27 heavy (non-hydrogen) atoms. The van der Waals surface area contributed by atoms with E-state index in [1.165, 1.54) is 40.9 Å². The Kier molecular flexibility index (Phi) is 5.24. The zero-order chi connectivity index (χ0) is 19.7. The Morgan fingerprint density at radius 1 is 1.37 bits per heavy atom. The Morgan fingerprint density at radius 3 is 2.63 bits per heavy atom. The number of aliphatic carboxylic acids is 1. The van der Waals surface area contributed by atoms with Crippen molar-refractivity contribution in [3.05, 3.63) is 53.3 Å². The van der Waals surface area contributed by atoms with Crippen molar-refractivity contribution < 1.29 is 24.6 Å². The lowest BCUT2D eigenvalue weighted by atomic mass is 10.0. The number of β-lactam (4-membered cyclic amide) rings is 1. The Bertz CT molecular complexity index is 849.